The molecule has 2 aromatic carbocycles. The molecule has 31 heavy (non-hydrogen) atoms. The zero-order valence-corrected chi connectivity index (χ0v) is 17.7. The number of nitrogens with zero attached hydrogens (tertiary/aromatic N) is 2. The van der Waals surface area contributed by atoms with Crippen molar-refractivity contribution in [2.45, 2.75) is 23.1 Å². The number of nitro groups is 1. The van der Waals surface area contributed by atoms with Crippen LogP contribution in [0.25, 0.3) is 0 Å². The van der Waals surface area contributed by atoms with Crippen molar-refractivity contribution in [3.05, 3.63) is 84.3 Å². The van der Waals surface area contributed by atoms with Crippen molar-refractivity contribution in [1.29, 1.82) is 0 Å². The van der Waals surface area contributed by atoms with E-state index in [1.165, 1.54) is 36.0 Å². The van der Waals surface area contributed by atoms with Crippen LogP contribution in [-0.4, -0.2) is 27.0 Å². The lowest BCUT2D eigenvalue weighted by molar-refractivity contribution is -0.384. The number of hydrogen-bond donors (Lipinski definition) is 1. The van der Waals surface area contributed by atoms with Gasteiger partial charge in [-0.25, -0.2) is 4.90 Å². The third-order valence-corrected chi connectivity index (χ3v) is 8.07. The number of benzene rings is 2. The fraction of sp³-hybridized carbons (Fsp3) is 0.190. The van der Waals surface area contributed by atoms with Gasteiger partial charge in [-0.2, -0.15) is 0 Å². The van der Waals surface area contributed by atoms with E-state index >= 15 is 0 Å². The highest BCUT2D eigenvalue weighted by molar-refractivity contribution is 8.00. The molecule has 0 saturated carbocycles. The van der Waals surface area contributed by atoms with Crippen molar-refractivity contribution in [3.8, 4) is 0 Å². The Morgan fingerprint density at radius 1 is 1.03 bits per heavy atom. The molecular weight excluding hydrogens is 438 g/mol. The maximum absolute atomic E-state index is 13.6. The van der Waals surface area contributed by atoms with Gasteiger partial charge in [0.1, 0.15) is 5.25 Å². The second-order valence-electron chi connectivity index (χ2n) is 7.39. The molecule has 2 aliphatic rings. The van der Waals surface area contributed by atoms with E-state index in [1.807, 2.05) is 31.2 Å². The first kappa shape index (κ1) is 19.7. The number of non-ortho nitro benzene ring substituents is 1. The van der Waals surface area contributed by atoms with Gasteiger partial charge in [0.2, 0.25) is 11.8 Å². The minimum atomic E-state index is -0.690. The number of thiazole rings is 1. The molecule has 156 valence electrons. The predicted molar refractivity (Wildman–Crippen MR) is 117 cm³/mol. The number of nitro benzene ring substituents is 1. The Kier molecular flexibility index (Phi) is 4.56. The zero-order valence-electron chi connectivity index (χ0n) is 16.1. The summed E-state index contributed by atoms with van der Waals surface area (Å²) in [6.45, 7) is 1.94. The van der Waals surface area contributed by atoms with Crippen LogP contribution in [-0.2, 0) is 9.59 Å². The lowest BCUT2D eigenvalue weighted by atomic mass is 9.81. The Bertz CT molecular complexity index is 1300. The van der Waals surface area contributed by atoms with Gasteiger partial charge in [0.05, 0.1) is 21.6 Å². The summed E-state index contributed by atoms with van der Waals surface area (Å²) in [4.78, 5) is 53.8. The molecule has 0 radical (unpaired) electrons. The molecule has 1 aromatic heterocycles. The summed E-state index contributed by atoms with van der Waals surface area (Å²) in [6, 6.07) is 13.0. The average molecular weight is 454 g/mol. The van der Waals surface area contributed by atoms with Crippen molar-refractivity contribution >= 4 is 46.3 Å². The molecule has 8 nitrogen and oxygen atoms in total. The number of carbonyl (C=O) groups excluding carboxylic acids is 2. The van der Waals surface area contributed by atoms with Gasteiger partial charge in [-0.15, -0.1) is 0 Å². The summed E-state index contributed by atoms with van der Waals surface area (Å²) >= 11 is 2.27. The Balaban J connectivity index is 1.63. The van der Waals surface area contributed by atoms with Crippen LogP contribution in [0.5, 0.6) is 0 Å². The zero-order chi connectivity index (χ0) is 21.9. The molecule has 10 heteroatoms. The molecule has 2 amide bonds. The van der Waals surface area contributed by atoms with E-state index in [-0.39, 0.29) is 22.4 Å². The summed E-state index contributed by atoms with van der Waals surface area (Å²) in [5.41, 5.74) is 2.06. The first-order valence-electron chi connectivity index (χ1n) is 9.44. The lowest BCUT2D eigenvalue weighted by Crippen LogP contribution is -2.32. The molecule has 2 aliphatic heterocycles. The normalized spacial score (nSPS) is 22.4. The van der Waals surface area contributed by atoms with Crippen molar-refractivity contribution in [3.63, 3.8) is 0 Å². The van der Waals surface area contributed by atoms with Crippen LogP contribution in [0.3, 0.4) is 0 Å². The average Bonchev–Trinajstić information content (AvgIpc) is 3.23. The Morgan fingerprint density at radius 2 is 1.74 bits per heavy atom. The van der Waals surface area contributed by atoms with Crippen LogP contribution < -0.4 is 9.77 Å². The van der Waals surface area contributed by atoms with Gasteiger partial charge < -0.3 is 4.98 Å². The standard InChI is InChI=1S/C21H15N3O5S2/c1-10-4-2-3-5-13(10)14-15-17(30-18-16(14)31-21(27)22-18)20(26)23(19(15)25)11-6-8-12(9-7-11)24(28)29/h2-9,14-15,17H,1H3,(H,22,27). The first-order valence-corrected chi connectivity index (χ1v) is 11.1. The van der Waals surface area contributed by atoms with E-state index in [2.05, 4.69) is 4.98 Å². The van der Waals surface area contributed by atoms with Gasteiger partial charge in [-0.05, 0) is 30.2 Å². The van der Waals surface area contributed by atoms with Gasteiger partial charge in [0.15, 0.2) is 0 Å². The third-order valence-electron chi connectivity index (χ3n) is 5.67. The maximum Gasteiger partial charge on any atom is 0.305 e. The molecule has 1 N–H and O–H groups in total. The largest absolute Gasteiger partial charge is 0.307 e. The number of nitrogens with one attached hydrogen (secondary N) is 1. The number of amides is 2. The smallest absolute Gasteiger partial charge is 0.305 e. The quantitative estimate of drug-likeness (QED) is 0.369. The number of H-pyrrole nitrogens is 1. The highest BCUT2D eigenvalue weighted by atomic mass is 32.2. The minimum Gasteiger partial charge on any atom is -0.307 e. The molecule has 3 unspecified atom stereocenters. The summed E-state index contributed by atoms with van der Waals surface area (Å²) < 4.78 is 0. The molecule has 0 aliphatic carbocycles. The SMILES string of the molecule is Cc1ccccc1C1c2sc(=O)[nH]c2SC2C(=O)N(c3ccc([N+](=O)[O-])cc3)C(=O)C21. The predicted octanol–water partition coefficient (Wildman–Crippen LogP) is 3.45. The van der Waals surface area contributed by atoms with Crippen LogP contribution >= 0.6 is 23.1 Å². The van der Waals surface area contributed by atoms with E-state index in [0.717, 1.165) is 32.2 Å². The van der Waals surface area contributed by atoms with Crippen LogP contribution in [0.2, 0.25) is 0 Å². The number of hydrogen-bond acceptors (Lipinski definition) is 7. The van der Waals surface area contributed by atoms with Gasteiger partial charge in [0, 0.05) is 22.9 Å². The molecule has 5 rings (SSSR count). The van der Waals surface area contributed by atoms with E-state index in [1.54, 1.807) is 0 Å². The third kappa shape index (κ3) is 3.02. The number of aryl methyl sites for hydroxylation is 1. The van der Waals surface area contributed by atoms with Gasteiger partial charge in [-0.1, -0.05) is 47.4 Å². The van der Waals surface area contributed by atoms with Crippen LogP contribution in [0, 0.1) is 23.0 Å². The number of rotatable bonds is 3. The van der Waals surface area contributed by atoms with Crippen molar-refractivity contribution in [2.75, 3.05) is 4.90 Å². The second-order valence-corrected chi connectivity index (χ2v) is 9.56. The topological polar surface area (TPSA) is 113 Å². The molecule has 1 saturated heterocycles. The number of anilines is 1. The molecular formula is C21H15N3O5S2. The molecule has 1 fully saturated rings. The molecule has 0 bridgehead atoms. The van der Waals surface area contributed by atoms with Crippen molar-refractivity contribution < 1.29 is 14.5 Å². The van der Waals surface area contributed by atoms with Crippen LogP contribution in [0.1, 0.15) is 21.9 Å². The first-order chi connectivity index (χ1) is 14.9. The molecule has 3 aromatic rings. The summed E-state index contributed by atoms with van der Waals surface area (Å²) in [7, 11) is 0. The fourth-order valence-corrected chi connectivity index (χ4v) is 6.77. The fourth-order valence-electron chi connectivity index (χ4n) is 4.27. The highest BCUT2D eigenvalue weighted by Gasteiger charge is 2.56. The number of thioether (sulfide) groups is 1. The number of aromatic nitrogens is 1. The summed E-state index contributed by atoms with van der Waals surface area (Å²) in [5.74, 6) is -1.85. The van der Waals surface area contributed by atoms with Crippen LogP contribution in [0.15, 0.2) is 58.4 Å². The number of imide groups is 1. The van der Waals surface area contributed by atoms with E-state index in [4.69, 9.17) is 0 Å². The monoisotopic (exact) mass is 453 g/mol. The van der Waals surface area contributed by atoms with Gasteiger partial charge in [0.25, 0.3) is 5.69 Å². The van der Waals surface area contributed by atoms with E-state index in [0.29, 0.717) is 10.7 Å². The van der Waals surface area contributed by atoms with Crippen LogP contribution in [0.4, 0.5) is 11.4 Å². The van der Waals surface area contributed by atoms with Gasteiger partial charge >= 0.3 is 4.87 Å². The second kappa shape index (κ2) is 7.17. The lowest BCUT2D eigenvalue weighted by Gasteiger charge is -2.30. The highest BCUT2D eigenvalue weighted by Crippen LogP contribution is 2.53. The van der Waals surface area contributed by atoms with Crippen molar-refractivity contribution in [2.24, 2.45) is 5.92 Å². The minimum absolute atomic E-state index is 0.118. The Hall–Kier alpha value is -3.24. The van der Waals surface area contributed by atoms with E-state index in [9.17, 15) is 24.5 Å². The maximum atomic E-state index is 13.6. The Labute approximate surface area is 184 Å². The molecule has 0 spiro atoms. The number of carbonyl (C=O) groups is 2. The van der Waals surface area contributed by atoms with Gasteiger partial charge in [-0.3, -0.25) is 24.5 Å². The van der Waals surface area contributed by atoms with Crippen molar-refractivity contribution in [1.82, 2.24) is 4.98 Å². The molecule has 3 atom stereocenters. The number of aromatic amines is 1. The number of fused-ring (bicyclic) bond motifs is 2. The Morgan fingerprint density at radius 3 is 2.42 bits per heavy atom. The summed E-state index contributed by atoms with van der Waals surface area (Å²) in [6.07, 6.45) is 0. The summed E-state index contributed by atoms with van der Waals surface area (Å²) in [5, 5.41) is 10.9. The van der Waals surface area contributed by atoms with E-state index < -0.39 is 22.0 Å². The molecule has 3 heterocycles.